The van der Waals surface area contributed by atoms with Crippen LogP contribution in [0.15, 0.2) is 24.3 Å². The summed E-state index contributed by atoms with van der Waals surface area (Å²) in [6.45, 7) is 1.31. The van der Waals surface area contributed by atoms with Gasteiger partial charge in [0.1, 0.15) is 0 Å². The summed E-state index contributed by atoms with van der Waals surface area (Å²) in [6.07, 6.45) is -3.61. The molecule has 1 aromatic rings. The van der Waals surface area contributed by atoms with E-state index >= 15 is 0 Å². The fraction of sp³-hybridized carbons (Fsp3) is 0.455. The molecule has 0 amide bonds. The minimum atomic E-state index is -4.57. The van der Waals surface area contributed by atoms with Gasteiger partial charge in [0.25, 0.3) is 0 Å². The van der Waals surface area contributed by atoms with Crippen LogP contribution >= 0.6 is 0 Å². The highest BCUT2D eigenvalue weighted by Gasteiger charge is 2.37. The largest absolute Gasteiger partial charge is 0.416 e. The summed E-state index contributed by atoms with van der Waals surface area (Å²) < 4.78 is 61.6. The molecule has 0 bridgehead atoms. The summed E-state index contributed by atoms with van der Waals surface area (Å²) in [4.78, 5) is 0. The number of benzene rings is 1. The second-order valence-corrected chi connectivity index (χ2v) is 6.67. The topological polar surface area (TPSA) is 72.2 Å². The van der Waals surface area contributed by atoms with Crippen molar-refractivity contribution in [1.82, 2.24) is 5.43 Å². The Labute approximate surface area is 109 Å². The van der Waals surface area contributed by atoms with Crippen molar-refractivity contribution in [1.29, 1.82) is 0 Å². The van der Waals surface area contributed by atoms with E-state index in [0.29, 0.717) is 0 Å². The molecule has 0 fully saturated rings. The van der Waals surface area contributed by atoms with E-state index in [1.54, 1.807) is 0 Å². The second kappa shape index (κ2) is 5.48. The van der Waals surface area contributed by atoms with E-state index in [0.717, 1.165) is 12.3 Å². The number of hydrogen-bond acceptors (Lipinski definition) is 4. The Hall–Kier alpha value is -1.12. The molecule has 0 aliphatic heterocycles. The van der Waals surface area contributed by atoms with Crippen molar-refractivity contribution in [3.63, 3.8) is 0 Å². The Balaban J connectivity index is 3.35. The minimum absolute atomic E-state index is 0.185. The van der Waals surface area contributed by atoms with E-state index in [-0.39, 0.29) is 5.56 Å². The lowest BCUT2D eigenvalue weighted by Crippen LogP contribution is -2.39. The van der Waals surface area contributed by atoms with Gasteiger partial charge in [0.2, 0.25) is 0 Å². The Kier molecular flexibility index (Phi) is 4.59. The van der Waals surface area contributed by atoms with Crippen LogP contribution in [0.1, 0.15) is 24.1 Å². The lowest BCUT2D eigenvalue weighted by molar-refractivity contribution is -0.138. The van der Waals surface area contributed by atoms with Gasteiger partial charge in [0, 0.05) is 6.26 Å². The number of nitrogens with two attached hydrogens (primary N) is 1. The van der Waals surface area contributed by atoms with E-state index in [9.17, 15) is 21.6 Å². The third-order valence-electron chi connectivity index (χ3n) is 2.93. The molecule has 4 nitrogen and oxygen atoms in total. The SMILES string of the molecule is CC(C(NN)c1ccccc1C(F)(F)F)S(C)(=O)=O. The molecule has 8 heteroatoms. The normalized spacial score (nSPS) is 16.1. The van der Waals surface area contributed by atoms with Gasteiger partial charge in [0.15, 0.2) is 9.84 Å². The van der Waals surface area contributed by atoms with Crippen molar-refractivity contribution < 1.29 is 21.6 Å². The number of nitrogens with one attached hydrogen (secondary N) is 1. The van der Waals surface area contributed by atoms with Crippen LogP contribution in [0.4, 0.5) is 13.2 Å². The van der Waals surface area contributed by atoms with Crippen molar-refractivity contribution in [2.24, 2.45) is 5.84 Å². The molecular formula is C11H15F3N2O2S. The van der Waals surface area contributed by atoms with Gasteiger partial charge in [-0.2, -0.15) is 13.2 Å². The van der Waals surface area contributed by atoms with Gasteiger partial charge in [-0.05, 0) is 18.6 Å². The maximum Gasteiger partial charge on any atom is 0.416 e. The van der Waals surface area contributed by atoms with Crippen LogP contribution in [0.25, 0.3) is 0 Å². The van der Waals surface area contributed by atoms with Gasteiger partial charge in [0.05, 0.1) is 16.9 Å². The predicted molar refractivity (Wildman–Crippen MR) is 65.8 cm³/mol. The highest BCUT2D eigenvalue weighted by Crippen LogP contribution is 2.36. The smallest absolute Gasteiger partial charge is 0.271 e. The molecular weight excluding hydrogens is 281 g/mol. The Morgan fingerprint density at radius 3 is 2.21 bits per heavy atom. The lowest BCUT2D eigenvalue weighted by Gasteiger charge is -2.25. The van der Waals surface area contributed by atoms with Gasteiger partial charge in [-0.1, -0.05) is 18.2 Å². The quantitative estimate of drug-likeness (QED) is 0.654. The van der Waals surface area contributed by atoms with Crippen LogP contribution in [0, 0.1) is 0 Å². The molecule has 0 aromatic heterocycles. The zero-order chi connectivity index (χ0) is 14.8. The average Bonchev–Trinajstić information content (AvgIpc) is 2.28. The van der Waals surface area contributed by atoms with Crippen LogP contribution < -0.4 is 11.3 Å². The summed E-state index contributed by atoms with van der Waals surface area (Å²) in [5.74, 6) is 5.23. The first-order chi connectivity index (χ1) is 8.59. The fourth-order valence-corrected chi connectivity index (χ4v) is 2.47. The molecule has 0 radical (unpaired) electrons. The summed E-state index contributed by atoms with van der Waals surface area (Å²) >= 11 is 0. The molecule has 0 aliphatic rings. The maximum atomic E-state index is 12.9. The molecule has 1 rings (SSSR count). The molecule has 0 saturated carbocycles. The molecule has 2 unspecified atom stereocenters. The van der Waals surface area contributed by atoms with Gasteiger partial charge < -0.3 is 0 Å². The number of hydrogen-bond donors (Lipinski definition) is 2. The standard InChI is InChI=1S/C11H15F3N2O2S/c1-7(19(2,17)18)10(16-15)8-5-3-4-6-9(8)11(12,13)14/h3-7,10,16H,15H2,1-2H3. The van der Waals surface area contributed by atoms with E-state index in [1.807, 2.05) is 0 Å². The van der Waals surface area contributed by atoms with Crippen molar-refractivity contribution in [3.8, 4) is 0 Å². The summed E-state index contributed by atoms with van der Waals surface area (Å²) in [5.41, 5.74) is 1.08. The zero-order valence-electron chi connectivity index (χ0n) is 10.4. The monoisotopic (exact) mass is 296 g/mol. The first-order valence-corrected chi connectivity index (χ1v) is 7.35. The van der Waals surface area contributed by atoms with Gasteiger partial charge in [-0.15, -0.1) is 0 Å². The minimum Gasteiger partial charge on any atom is -0.271 e. The van der Waals surface area contributed by atoms with E-state index < -0.39 is 32.9 Å². The first-order valence-electron chi connectivity index (χ1n) is 5.40. The van der Waals surface area contributed by atoms with E-state index in [2.05, 4.69) is 5.43 Å². The molecule has 0 heterocycles. The number of halogens is 3. The van der Waals surface area contributed by atoms with Crippen molar-refractivity contribution in [2.45, 2.75) is 24.4 Å². The average molecular weight is 296 g/mol. The third kappa shape index (κ3) is 3.68. The number of alkyl halides is 3. The van der Waals surface area contributed by atoms with Gasteiger partial charge in [-0.3, -0.25) is 11.3 Å². The number of sulfone groups is 1. The maximum absolute atomic E-state index is 12.9. The van der Waals surface area contributed by atoms with Crippen molar-refractivity contribution >= 4 is 9.84 Å². The molecule has 108 valence electrons. The molecule has 0 spiro atoms. The van der Waals surface area contributed by atoms with E-state index in [4.69, 9.17) is 5.84 Å². The van der Waals surface area contributed by atoms with E-state index in [1.165, 1.54) is 25.1 Å². The molecule has 0 saturated heterocycles. The number of hydrazine groups is 1. The molecule has 19 heavy (non-hydrogen) atoms. The highest BCUT2D eigenvalue weighted by molar-refractivity contribution is 7.91. The van der Waals surface area contributed by atoms with Crippen molar-refractivity contribution in [2.75, 3.05) is 6.26 Å². The Morgan fingerprint density at radius 2 is 1.79 bits per heavy atom. The van der Waals surface area contributed by atoms with Crippen LogP contribution in [0.3, 0.4) is 0 Å². The van der Waals surface area contributed by atoms with Crippen LogP contribution in [0.5, 0.6) is 0 Å². The molecule has 3 N–H and O–H groups in total. The predicted octanol–water partition coefficient (Wildman–Crippen LogP) is 1.64. The Morgan fingerprint density at radius 1 is 1.26 bits per heavy atom. The highest BCUT2D eigenvalue weighted by atomic mass is 32.2. The van der Waals surface area contributed by atoms with Crippen molar-refractivity contribution in [3.05, 3.63) is 35.4 Å². The third-order valence-corrected chi connectivity index (χ3v) is 4.55. The summed E-state index contributed by atoms with van der Waals surface area (Å²) in [7, 11) is -3.53. The second-order valence-electron chi connectivity index (χ2n) is 4.26. The zero-order valence-corrected chi connectivity index (χ0v) is 11.2. The lowest BCUT2D eigenvalue weighted by atomic mass is 9.98. The Bertz CT molecular complexity index is 543. The molecule has 2 atom stereocenters. The van der Waals surface area contributed by atoms with Crippen LogP contribution in [0.2, 0.25) is 0 Å². The summed E-state index contributed by atoms with van der Waals surface area (Å²) in [6, 6.07) is 3.63. The summed E-state index contributed by atoms with van der Waals surface area (Å²) in [5, 5.41) is -1.08. The fourth-order valence-electron chi connectivity index (χ4n) is 1.75. The first kappa shape index (κ1) is 15.9. The van der Waals surface area contributed by atoms with Crippen LogP contribution in [-0.2, 0) is 16.0 Å². The number of rotatable bonds is 4. The van der Waals surface area contributed by atoms with Gasteiger partial charge in [-0.25, -0.2) is 8.42 Å². The molecule has 1 aromatic carbocycles. The van der Waals surface area contributed by atoms with Crippen LogP contribution in [-0.4, -0.2) is 19.9 Å². The molecule has 0 aliphatic carbocycles. The van der Waals surface area contributed by atoms with Gasteiger partial charge >= 0.3 is 6.18 Å².